The lowest BCUT2D eigenvalue weighted by Crippen LogP contribution is -2.58. The molecule has 3 heterocycles. The lowest BCUT2D eigenvalue weighted by molar-refractivity contribution is 0.487. The number of rotatable bonds is 4. The molecule has 0 spiro atoms. The SMILES string of the molecule is Cc1cc2c3c(c1)N(c1cccc4ccccc14)c1c(sc4c1CCCC4)B3c1ccc(N(c3ccc(C(C)(C)C)cc3)c3cccc4ccccc34)cc1O2. The molecule has 0 amide bonds. The van der Waals surface area contributed by atoms with Crippen LogP contribution < -0.4 is 30.2 Å². The number of hydrogen-bond acceptors (Lipinski definition) is 4. The van der Waals surface area contributed by atoms with E-state index in [4.69, 9.17) is 4.74 Å². The number of hydrogen-bond donors (Lipinski definition) is 0. The predicted octanol–water partition coefficient (Wildman–Crippen LogP) is 12.4. The summed E-state index contributed by atoms with van der Waals surface area (Å²) in [5.41, 5.74) is 13.9. The third-order valence-corrected chi connectivity index (χ3v) is 13.6. The van der Waals surface area contributed by atoms with Crippen molar-refractivity contribution < 1.29 is 4.74 Å². The summed E-state index contributed by atoms with van der Waals surface area (Å²) >= 11 is 2.05. The smallest absolute Gasteiger partial charge is 0.268 e. The fraction of sp³-hybridized carbons (Fsp3) is 0.176. The Labute approximate surface area is 333 Å². The molecule has 0 fully saturated rings. The number of benzene rings is 7. The van der Waals surface area contributed by atoms with Crippen LogP contribution in [0.1, 0.15) is 55.2 Å². The van der Waals surface area contributed by atoms with E-state index in [9.17, 15) is 0 Å². The van der Waals surface area contributed by atoms with Crippen LogP contribution in [0.3, 0.4) is 0 Å². The molecule has 0 N–H and O–H groups in total. The predicted molar refractivity (Wildman–Crippen MR) is 240 cm³/mol. The molecule has 0 saturated carbocycles. The number of thiophene rings is 1. The van der Waals surface area contributed by atoms with Gasteiger partial charge in [0.1, 0.15) is 11.5 Å². The molecule has 7 aromatic carbocycles. The largest absolute Gasteiger partial charge is 0.458 e. The highest BCUT2D eigenvalue weighted by Gasteiger charge is 2.45. The van der Waals surface area contributed by atoms with Crippen LogP contribution in [0.2, 0.25) is 0 Å². The van der Waals surface area contributed by atoms with Gasteiger partial charge < -0.3 is 14.5 Å². The first-order chi connectivity index (χ1) is 27.3. The Morgan fingerprint density at radius 2 is 1.36 bits per heavy atom. The van der Waals surface area contributed by atoms with E-state index < -0.39 is 0 Å². The fourth-order valence-corrected chi connectivity index (χ4v) is 11.1. The molecule has 272 valence electrons. The van der Waals surface area contributed by atoms with E-state index in [1.54, 1.807) is 10.4 Å². The minimum absolute atomic E-state index is 0.0654. The van der Waals surface area contributed by atoms with Gasteiger partial charge in [0.25, 0.3) is 6.71 Å². The highest BCUT2D eigenvalue weighted by atomic mass is 32.1. The van der Waals surface area contributed by atoms with Gasteiger partial charge in [0, 0.05) is 43.6 Å². The van der Waals surface area contributed by atoms with Crippen LogP contribution >= 0.6 is 11.3 Å². The van der Waals surface area contributed by atoms with Crippen molar-refractivity contribution in [2.45, 2.75) is 58.8 Å². The topological polar surface area (TPSA) is 15.7 Å². The molecule has 0 saturated heterocycles. The molecule has 3 aliphatic rings. The molecule has 56 heavy (non-hydrogen) atoms. The maximum Gasteiger partial charge on any atom is 0.268 e. The first-order valence-electron chi connectivity index (χ1n) is 20.1. The number of ether oxygens (including phenoxy) is 1. The molecule has 0 bridgehead atoms. The summed E-state index contributed by atoms with van der Waals surface area (Å²) in [6.07, 6.45) is 4.77. The molecule has 1 aromatic heterocycles. The molecule has 0 unspecified atom stereocenters. The van der Waals surface area contributed by atoms with E-state index in [0.717, 1.165) is 41.4 Å². The van der Waals surface area contributed by atoms with Crippen molar-refractivity contribution in [2.24, 2.45) is 0 Å². The minimum Gasteiger partial charge on any atom is -0.458 e. The van der Waals surface area contributed by atoms with E-state index in [0.29, 0.717) is 0 Å². The highest BCUT2D eigenvalue weighted by molar-refractivity contribution is 7.29. The lowest BCUT2D eigenvalue weighted by Gasteiger charge is -2.40. The van der Waals surface area contributed by atoms with Gasteiger partial charge in [-0.1, -0.05) is 112 Å². The van der Waals surface area contributed by atoms with Crippen LogP contribution in [0.15, 0.2) is 140 Å². The molecule has 2 aliphatic heterocycles. The second-order valence-electron chi connectivity index (χ2n) is 16.8. The van der Waals surface area contributed by atoms with Gasteiger partial charge in [-0.25, -0.2) is 0 Å². The lowest BCUT2D eigenvalue weighted by atomic mass is 9.37. The minimum atomic E-state index is 0.0654. The maximum atomic E-state index is 7.16. The first kappa shape index (κ1) is 33.6. The summed E-state index contributed by atoms with van der Waals surface area (Å²) < 4.78 is 8.61. The monoisotopic (exact) mass is 742 g/mol. The molecule has 8 aromatic rings. The Kier molecular flexibility index (Phi) is 7.56. The van der Waals surface area contributed by atoms with Crippen LogP contribution in [0.25, 0.3) is 21.5 Å². The van der Waals surface area contributed by atoms with Crippen molar-refractivity contribution in [1.29, 1.82) is 0 Å². The number of aryl methyl sites for hydroxylation is 2. The van der Waals surface area contributed by atoms with Gasteiger partial charge in [-0.15, -0.1) is 0 Å². The third-order valence-electron chi connectivity index (χ3n) is 12.2. The van der Waals surface area contributed by atoms with Crippen molar-refractivity contribution in [3.63, 3.8) is 0 Å². The van der Waals surface area contributed by atoms with Crippen LogP contribution in [-0.2, 0) is 18.3 Å². The second-order valence-corrected chi connectivity index (χ2v) is 18.0. The van der Waals surface area contributed by atoms with Crippen molar-refractivity contribution in [2.75, 3.05) is 9.80 Å². The van der Waals surface area contributed by atoms with Crippen molar-refractivity contribution >= 4 is 89.4 Å². The van der Waals surface area contributed by atoms with E-state index in [-0.39, 0.29) is 12.1 Å². The van der Waals surface area contributed by atoms with Crippen molar-refractivity contribution in [3.8, 4) is 11.5 Å². The Hall–Kier alpha value is -5.78. The Bertz CT molecular complexity index is 2860. The van der Waals surface area contributed by atoms with Gasteiger partial charge in [0.15, 0.2) is 0 Å². The van der Waals surface area contributed by atoms with Crippen LogP contribution in [0.5, 0.6) is 11.5 Å². The van der Waals surface area contributed by atoms with E-state index in [1.807, 2.05) is 11.3 Å². The molecule has 0 radical (unpaired) electrons. The molecular formula is C51H43BN2OS. The summed E-state index contributed by atoms with van der Waals surface area (Å²) in [4.78, 5) is 6.57. The Morgan fingerprint density at radius 3 is 2.16 bits per heavy atom. The van der Waals surface area contributed by atoms with Gasteiger partial charge in [-0.05, 0) is 119 Å². The van der Waals surface area contributed by atoms with Crippen LogP contribution in [0.4, 0.5) is 34.1 Å². The summed E-state index contributed by atoms with van der Waals surface area (Å²) in [6, 6.07) is 51.7. The van der Waals surface area contributed by atoms with E-state index in [2.05, 4.69) is 177 Å². The average Bonchev–Trinajstić information content (AvgIpc) is 3.60. The van der Waals surface area contributed by atoms with Gasteiger partial charge in [-0.2, -0.15) is 11.3 Å². The Balaban J connectivity index is 1.12. The highest BCUT2D eigenvalue weighted by Crippen LogP contribution is 2.49. The molecule has 1 aliphatic carbocycles. The van der Waals surface area contributed by atoms with Gasteiger partial charge >= 0.3 is 0 Å². The van der Waals surface area contributed by atoms with E-state index in [1.165, 1.54) is 78.3 Å². The number of anilines is 6. The summed E-state index contributed by atoms with van der Waals surface area (Å²) in [6.45, 7) is 9.13. The first-order valence-corrected chi connectivity index (χ1v) is 20.9. The molecule has 11 rings (SSSR count). The standard InChI is InChI=1S/C51H43BN2OS/c1-32-29-44-48-46(30-32)55-45-31-37(53(36-25-23-35(24-26-36)51(2,3)4)42-20-11-15-33-13-5-7-17-38(33)42)27-28-41(45)52(48)50-49(40-19-9-10-22-47(40)56-50)54(44)43-21-12-16-34-14-6-8-18-39(34)43/h5-8,11-18,20-21,23-31H,9-10,19,22H2,1-4H3. The zero-order valence-corrected chi connectivity index (χ0v) is 33.2. The third kappa shape index (κ3) is 5.17. The van der Waals surface area contributed by atoms with Gasteiger partial charge in [-0.3, -0.25) is 0 Å². The molecule has 3 nitrogen and oxygen atoms in total. The molecule has 5 heteroatoms. The summed E-state index contributed by atoms with van der Waals surface area (Å²) in [5.74, 6) is 1.90. The van der Waals surface area contributed by atoms with Gasteiger partial charge in [0.05, 0.1) is 17.1 Å². The van der Waals surface area contributed by atoms with Crippen LogP contribution in [0, 0.1) is 6.92 Å². The average molecular weight is 743 g/mol. The Morgan fingerprint density at radius 1 is 0.661 bits per heavy atom. The number of nitrogens with zero attached hydrogens (tertiary/aromatic N) is 2. The summed E-state index contributed by atoms with van der Waals surface area (Å²) in [5, 5.41) is 4.97. The zero-order chi connectivity index (χ0) is 37.7. The summed E-state index contributed by atoms with van der Waals surface area (Å²) in [7, 11) is 0. The normalized spacial score (nSPS) is 14.2. The number of fused-ring (bicyclic) bond motifs is 8. The molecular weight excluding hydrogens is 699 g/mol. The zero-order valence-electron chi connectivity index (χ0n) is 32.4. The van der Waals surface area contributed by atoms with Crippen molar-refractivity contribution in [1.82, 2.24) is 0 Å². The molecule has 0 atom stereocenters. The fourth-order valence-electron chi connectivity index (χ4n) is 9.57. The quantitative estimate of drug-likeness (QED) is 0.167. The maximum absolute atomic E-state index is 7.16. The van der Waals surface area contributed by atoms with Crippen molar-refractivity contribution in [3.05, 3.63) is 161 Å². The van der Waals surface area contributed by atoms with Gasteiger partial charge in [0.2, 0.25) is 0 Å². The second kappa shape index (κ2) is 12.6. The van der Waals surface area contributed by atoms with E-state index >= 15 is 0 Å². The van der Waals surface area contributed by atoms with Crippen LogP contribution in [-0.4, -0.2) is 6.71 Å².